The first-order chi connectivity index (χ1) is 10.8. The second-order valence-electron chi connectivity index (χ2n) is 9.79. The molecule has 24 heavy (non-hydrogen) atoms. The van der Waals surface area contributed by atoms with E-state index in [0.717, 1.165) is 25.7 Å². The number of aliphatic hydroxyl groups is 1. The maximum absolute atomic E-state index is 11.3. The van der Waals surface area contributed by atoms with E-state index in [1.165, 1.54) is 6.42 Å². The van der Waals surface area contributed by atoms with Gasteiger partial charge in [0.15, 0.2) is 5.60 Å². The highest BCUT2D eigenvalue weighted by atomic mass is 17.2. The normalized spacial score (nSPS) is 35.0. The lowest BCUT2D eigenvalue weighted by Crippen LogP contribution is -2.46. The second kappa shape index (κ2) is 6.01. The summed E-state index contributed by atoms with van der Waals surface area (Å²) in [6, 6.07) is 0. The van der Waals surface area contributed by atoms with E-state index in [1.807, 2.05) is 27.7 Å². The van der Waals surface area contributed by atoms with Gasteiger partial charge in [0.1, 0.15) is 5.60 Å². The zero-order valence-corrected chi connectivity index (χ0v) is 16.9. The lowest BCUT2D eigenvalue weighted by atomic mass is 9.64. The van der Waals surface area contributed by atoms with Crippen LogP contribution in [-0.4, -0.2) is 21.9 Å². The van der Waals surface area contributed by atoms with Gasteiger partial charge in [0.05, 0.1) is 5.60 Å². The van der Waals surface area contributed by atoms with Gasteiger partial charge in [-0.2, -0.15) is 0 Å². The summed E-state index contributed by atoms with van der Waals surface area (Å²) >= 11 is 0. The highest BCUT2D eigenvalue weighted by molar-refractivity contribution is 5.31. The molecule has 138 valence electrons. The van der Waals surface area contributed by atoms with Crippen LogP contribution in [0.15, 0.2) is 0 Å². The zero-order valence-electron chi connectivity index (χ0n) is 16.9. The highest BCUT2D eigenvalue weighted by Gasteiger charge is 2.68. The Morgan fingerprint density at radius 3 is 2.21 bits per heavy atom. The molecule has 3 nitrogen and oxygen atoms in total. The van der Waals surface area contributed by atoms with Crippen LogP contribution in [0.2, 0.25) is 0 Å². The molecule has 2 aliphatic rings. The minimum absolute atomic E-state index is 0.126. The number of rotatable bonds is 5. The Hall–Kier alpha value is -0.560. The molecule has 0 amide bonds. The van der Waals surface area contributed by atoms with Crippen molar-refractivity contribution in [2.24, 2.45) is 16.7 Å². The third-order valence-electron chi connectivity index (χ3n) is 6.79. The summed E-state index contributed by atoms with van der Waals surface area (Å²) in [7, 11) is 0. The zero-order chi connectivity index (χ0) is 18.4. The van der Waals surface area contributed by atoms with Gasteiger partial charge in [-0.05, 0) is 64.7 Å². The maximum Gasteiger partial charge on any atom is 0.158 e. The molecule has 0 saturated heterocycles. The Kier molecular flexibility index (Phi) is 4.95. The van der Waals surface area contributed by atoms with Crippen LogP contribution in [0.4, 0.5) is 0 Å². The van der Waals surface area contributed by atoms with E-state index in [-0.39, 0.29) is 16.4 Å². The summed E-state index contributed by atoms with van der Waals surface area (Å²) in [5.41, 5.74) is -2.04. The van der Waals surface area contributed by atoms with Crippen molar-refractivity contribution >= 4 is 0 Å². The van der Waals surface area contributed by atoms with E-state index in [2.05, 4.69) is 39.5 Å². The van der Waals surface area contributed by atoms with Gasteiger partial charge in [-0.25, -0.2) is 9.78 Å². The first-order valence-electron chi connectivity index (χ1n) is 9.42. The molecular formula is C21H36O3. The largest absolute Gasteiger partial charge is 0.377 e. The molecule has 1 N–H and O–H groups in total. The molecule has 0 aromatic rings. The molecule has 3 atom stereocenters. The number of fused-ring (bicyclic) bond motifs is 2. The van der Waals surface area contributed by atoms with Crippen LogP contribution in [0.25, 0.3) is 0 Å². The molecule has 0 aromatic carbocycles. The van der Waals surface area contributed by atoms with Crippen molar-refractivity contribution in [1.82, 2.24) is 0 Å². The molecule has 0 spiro atoms. The smallest absolute Gasteiger partial charge is 0.158 e. The van der Waals surface area contributed by atoms with Crippen LogP contribution in [-0.2, 0) is 9.78 Å². The molecule has 2 bridgehead atoms. The minimum atomic E-state index is -0.932. The van der Waals surface area contributed by atoms with Crippen molar-refractivity contribution in [2.75, 3.05) is 0 Å². The SMILES string of the molecule is CCCC(C)(C)OOC(C)(C)C#C[C@]1(O)C[C@H]2CC[C@]1(C)C2(C)C. The van der Waals surface area contributed by atoms with Gasteiger partial charge in [0.2, 0.25) is 0 Å². The summed E-state index contributed by atoms with van der Waals surface area (Å²) in [5, 5.41) is 11.3. The van der Waals surface area contributed by atoms with Gasteiger partial charge < -0.3 is 5.11 Å². The third-order valence-corrected chi connectivity index (χ3v) is 6.79. The summed E-state index contributed by atoms with van der Waals surface area (Å²) in [6.07, 6.45) is 4.96. The van der Waals surface area contributed by atoms with Crippen LogP contribution >= 0.6 is 0 Å². The average molecular weight is 337 g/mol. The molecule has 2 aliphatic carbocycles. The van der Waals surface area contributed by atoms with Gasteiger partial charge in [-0.1, -0.05) is 46.0 Å². The van der Waals surface area contributed by atoms with Gasteiger partial charge >= 0.3 is 0 Å². The highest BCUT2D eigenvalue weighted by Crippen LogP contribution is 2.69. The van der Waals surface area contributed by atoms with Crippen molar-refractivity contribution in [3.8, 4) is 11.8 Å². The topological polar surface area (TPSA) is 38.7 Å². The first kappa shape index (κ1) is 19.8. The fourth-order valence-corrected chi connectivity index (χ4v) is 4.60. The Labute approximate surface area is 148 Å². The van der Waals surface area contributed by atoms with Crippen molar-refractivity contribution in [2.45, 2.75) is 104 Å². The van der Waals surface area contributed by atoms with Gasteiger partial charge in [0.25, 0.3) is 0 Å². The van der Waals surface area contributed by atoms with E-state index in [4.69, 9.17) is 9.78 Å². The molecule has 2 saturated carbocycles. The number of hydrogen-bond donors (Lipinski definition) is 1. The molecule has 3 heteroatoms. The monoisotopic (exact) mass is 336 g/mol. The molecular weight excluding hydrogens is 300 g/mol. The summed E-state index contributed by atoms with van der Waals surface area (Å²) in [5.74, 6) is 6.90. The Balaban J connectivity index is 2.11. The van der Waals surface area contributed by atoms with Crippen LogP contribution in [0, 0.1) is 28.6 Å². The van der Waals surface area contributed by atoms with Crippen molar-refractivity contribution in [1.29, 1.82) is 0 Å². The standard InChI is InChI=1S/C21H36O3/c1-9-11-17(2,3)23-24-18(4,5)13-14-21(22)15-16-10-12-20(21,8)19(16,6)7/h16,22H,9-12,15H2,1-8H3/t16-,20-,21+/m1/s1. The van der Waals surface area contributed by atoms with Crippen molar-refractivity contribution in [3.63, 3.8) is 0 Å². The van der Waals surface area contributed by atoms with Crippen molar-refractivity contribution < 1.29 is 14.9 Å². The van der Waals surface area contributed by atoms with Gasteiger partial charge in [-0.3, -0.25) is 0 Å². The van der Waals surface area contributed by atoms with E-state index in [0.29, 0.717) is 5.92 Å². The first-order valence-corrected chi connectivity index (χ1v) is 9.42. The predicted octanol–water partition coefficient (Wildman–Crippen LogP) is 4.87. The van der Waals surface area contributed by atoms with Gasteiger partial charge in [0, 0.05) is 5.41 Å². The second-order valence-corrected chi connectivity index (χ2v) is 9.79. The van der Waals surface area contributed by atoms with E-state index >= 15 is 0 Å². The fraction of sp³-hybridized carbons (Fsp3) is 0.905. The van der Waals surface area contributed by atoms with Crippen LogP contribution in [0.3, 0.4) is 0 Å². The fourth-order valence-electron chi connectivity index (χ4n) is 4.60. The molecule has 2 fully saturated rings. The quantitative estimate of drug-likeness (QED) is 0.442. The predicted molar refractivity (Wildman–Crippen MR) is 97.2 cm³/mol. The molecule has 0 heterocycles. The Morgan fingerprint density at radius 2 is 1.75 bits per heavy atom. The Bertz CT molecular complexity index is 537. The summed E-state index contributed by atoms with van der Waals surface area (Å²) in [6.45, 7) is 16.7. The Morgan fingerprint density at radius 1 is 1.12 bits per heavy atom. The molecule has 2 rings (SSSR count). The third kappa shape index (κ3) is 3.26. The number of hydrogen-bond acceptors (Lipinski definition) is 3. The molecule has 0 aliphatic heterocycles. The van der Waals surface area contributed by atoms with Crippen molar-refractivity contribution in [3.05, 3.63) is 0 Å². The maximum atomic E-state index is 11.3. The average Bonchev–Trinajstić information content (AvgIpc) is 2.76. The van der Waals surface area contributed by atoms with E-state index in [1.54, 1.807) is 0 Å². The van der Waals surface area contributed by atoms with Crippen LogP contribution in [0.1, 0.15) is 87.5 Å². The van der Waals surface area contributed by atoms with Crippen LogP contribution in [0.5, 0.6) is 0 Å². The van der Waals surface area contributed by atoms with Gasteiger partial charge in [-0.15, -0.1) is 0 Å². The van der Waals surface area contributed by atoms with E-state index < -0.39 is 11.2 Å². The lowest BCUT2D eigenvalue weighted by Gasteiger charge is -2.42. The molecule has 0 aromatic heterocycles. The van der Waals surface area contributed by atoms with E-state index in [9.17, 15) is 5.11 Å². The van der Waals surface area contributed by atoms with Crippen LogP contribution < -0.4 is 0 Å². The summed E-state index contributed by atoms with van der Waals surface area (Å²) in [4.78, 5) is 11.3. The molecule has 0 radical (unpaired) electrons. The lowest BCUT2D eigenvalue weighted by molar-refractivity contribution is -0.389. The molecule has 0 unspecified atom stereocenters. The minimum Gasteiger partial charge on any atom is -0.377 e. The summed E-state index contributed by atoms with van der Waals surface area (Å²) < 4.78 is 0.